The summed E-state index contributed by atoms with van der Waals surface area (Å²) in [4.78, 5) is 17.3. The van der Waals surface area contributed by atoms with Gasteiger partial charge in [0.2, 0.25) is 0 Å². The van der Waals surface area contributed by atoms with Gasteiger partial charge in [-0.15, -0.1) is 0 Å². The van der Waals surface area contributed by atoms with Crippen LogP contribution < -0.4 is 10.3 Å². The van der Waals surface area contributed by atoms with E-state index in [-0.39, 0.29) is 11.3 Å². The molecule has 0 unspecified atom stereocenters. The number of hydrogen-bond acceptors (Lipinski definition) is 5. The number of fused-ring (bicyclic) bond motifs is 1. The molecule has 0 fully saturated rings. The van der Waals surface area contributed by atoms with Gasteiger partial charge in [-0.2, -0.15) is 9.78 Å². The van der Waals surface area contributed by atoms with Crippen molar-refractivity contribution < 1.29 is 9.84 Å². The molecule has 0 spiro atoms. The van der Waals surface area contributed by atoms with Crippen LogP contribution in [-0.4, -0.2) is 28.1 Å². The van der Waals surface area contributed by atoms with E-state index in [1.54, 1.807) is 31.4 Å². The molecule has 0 radical (unpaired) electrons. The zero-order chi connectivity index (χ0) is 17.8. The molecule has 2 aromatic carbocycles. The second kappa shape index (κ2) is 7.17. The second-order valence-electron chi connectivity index (χ2n) is 5.58. The van der Waals surface area contributed by atoms with E-state index in [0.29, 0.717) is 34.5 Å². The van der Waals surface area contributed by atoms with E-state index in [0.717, 1.165) is 6.42 Å². The van der Waals surface area contributed by atoms with E-state index in [1.807, 2.05) is 19.1 Å². The van der Waals surface area contributed by atoms with Crippen molar-refractivity contribution in [2.24, 2.45) is 5.10 Å². The first kappa shape index (κ1) is 16.7. The van der Waals surface area contributed by atoms with E-state index in [2.05, 4.69) is 10.1 Å². The van der Waals surface area contributed by atoms with Crippen LogP contribution in [-0.2, 0) is 6.42 Å². The fraction of sp³-hybridized carbons (Fsp3) is 0.211. The highest BCUT2D eigenvalue weighted by Gasteiger charge is 2.10. The Bertz CT molecular complexity index is 993. The summed E-state index contributed by atoms with van der Waals surface area (Å²) in [6.07, 6.45) is 2.90. The van der Waals surface area contributed by atoms with Crippen LogP contribution in [0.15, 0.2) is 52.4 Å². The van der Waals surface area contributed by atoms with Crippen molar-refractivity contribution in [1.82, 2.24) is 9.66 Å². The Labute approximate surface area is 145 Å². The van der Waals surface area contributed by atoms with E-state index in [4.69, 9.17) is 4.74 Å². The Morgan fingerprint density at radius 1 is 1.28 bits per heavy atom. The molecule has 25 heavy (non-hydrogen) atoms. The first-order chi connectivity index (χ1) is 12.1. The number of phenols is 1. The molecule has 6 heteroatoms. The number of aromatic nitrogens is 2. The highest BCUT2D eigenvalue weighted by Crippen LogP contribution is 2.21. The fourth-order valence-corrected chi connectivity index (χ4v) is 2.56. The largest absolute Gasteiger partial charge is 0.507 e. The van der Waals surface area contributed by atoms with Crippen LogP contribution in [0, 0.1) is 0 Å². The average molecular weight is 337 g/mol. The van der Waals surface area contributed by atoms with Crippen molar-refractivity contribution in [3.05, 3.63) is 64.2 Å². The number of phenolic OH excluding ortho intramolecular Hbond substituents is 1. The third kappa shape index (κ3) is 3.38. The van der Waals surface area contributed by atoms with Crippen molar-refractivity contribution in [3.8, 4) is 11.5 Å². The monoisotopic (exact) mass is 337 g/mol. The van der Waals surface area contributed by atoms with E-state index >= 15 is 0 Å². The molecule has 0 saturated heterocycles. The first-order valence-corrected chi connectivity index (χ1v) is 8.06. The highest BCUT2D eigenvalue weighted by atomic mass is 16.5. The fourth-order valence-electron chi connectivity index (χ4n) is 2.56. The maximum absolute atomic E-state index is 12.8. The number of methoxy groups -OCH3 is 1. The smallest absolute Gasteiger partial charge is 0.282 e. The molecule has 128 valence electrons. The van der Waals surface area contributed by atoms with Crippen molar-refractivity contribution >= 4 is 17.1 Å². The van der Waals surface area contributed by atoms with Gasteiger partial charge in [-0.25, -0.2) is 4.98 Å². The molecule has 1 heterocycles. The summed E-state index contributed by atoms with van der Waals surface area (Å²) in [6, 6.07) is 12.0. The summed E-state index contributed by atoms with van der Waals surface area (Å²) in [5, 5.41) is 14.8. The van der Waals surface area contributed by atoms with Gasteiger partial charge in [-0.3, -0.25) is 4.79 Å². The van der Waals surface area contributed by atoms with Gasteiger partial charge in [0, 0.05) is 12.0 Å². The standard InChI is InChI=1S/C19H19N3O3/c1-3-6-18-21-16-8-5-4-7-15(16)19(24)22(18)20-12-13-11-14(25-2)9-10-17(13)23/h4-5,7-12,23H,3,6H2,1-2H3/b20-12+. The minimum atomic E-state index is -0.229. The topological polar surface area (TPSA) is 76.7 Å². The highest BCUT2D eigenvalue weighted by molar-refractivity contribution is 5.84. The van der Waals surface area contributed by atoms with Gasteiger partial charge in [0.25, 0.3) is 5.56 Å². The number of ether oxygens (including phenoxy) is 1. The Morgan fingerprint density at radius 3 is 2.84 bits per heavy atom. The molecule has 1 aromatic heterocycles. The van der Waals surface area contributed by atoms with Crippen LogP contribution in [0.4, 0.5) is 0 Å². The number of para-hydroxylation sites is 1. The molecular weight excluding hydrogens is 318 g/mol. The SMILES string of the molecule is CCCc1nc2ccccc2c(=O)n1/N=C/c1cc(OC)ccc1O. The van der Waals surface area contributed by atoms with Gasteiger partial charge in [-0.05, 0) is 36.8 Å². The molecular formula is C19H19N3O3. The van der Waals surface area contributed by atoms with Crippen molar-refractivity contribution in [2.45, 2.75) is 19.8 Å². The Kier molecular flexibility index (Phi) is 4.79. The average Bonchev–Trinajstić information content (AvgIpc) is 2.63. The van der Waals surface area contributed by atoms with Gasteiger partial charge in [-0.1, -0.05) is 19.1 Å². The van der Waals surface area contributed by atoms with Crippen molar-refractivity contribution in [2.75, 3.05) is 7.11 Å². The van der Waals surface area contributed by atoms with E-state index < -0.39 is 0 Å². The summed E-state index contributed by atoms with van der Waals surface area (Å²) in [5.41, 5.74) is 0.890. The van der Waals surface area contributed by atoms with Crippen LogP contribution in [0.1, 0.15) is 24.7 Å². The Hall–Kier alpha value is -3.15. The van der Waals surface area contributed by atoms with Gasteiger partial charge in [0.05, 0.1) is 24.2 Å². The lowest BCUT2D eigenvalue weighted by atomic mass is 10.2. The minimum Gasteiger partial charge on any atom is -0.507 e. The quantitative estimate of drug-likeness (QED) is 0.726. The molecule has 0 aliphatic carbocycles. The zero-order valence-electron chi connectivity index (χ0n) is 14.1. The molecule has 0 atom stereocenters. The molecule has 0 bridgehead atoms. The second-order valence-corrected chi connectivity index (χ2v) is 5.58. The van der Waals surface area contributed by atoms with Crippen LogP contribution in [0.5, 0.6) is 11.5 Å². The van der Waals surface area contributed by atoms with Crippen LogP contribution in [0.2, 0.25) is 0 Å². The van der Waals surface area contributed by atoms with Crippen LogP contribution in [0.3, 0.4) is 0 Å². The van der Waals surface area contributed by atoms with Crippen LogP contribution in [0.25, 0.3) is 10.9 Å². The number of aromatic hydroxyl groups is 1. The van der Waals surface area contributed by atoms with Gasteiger partial charge >= 0.3 is 0 Å². The molecule has 0 amide bonds. The third-order valence-electron chi connectivity index (χ3n) is 3.84. The van der Waals surface area contributed by atoms with Gasteiger partial charge in [0.15, 0.2) is 0 Å². The van der Waals surface area contributed by atoms with Gasteiger partial charge in [0.1, 0.15) is 17.3 Å². The lowest BCUT2D eigenvalue weighted by molar-refractivity contribution is 0.412. The van der Waals surface area contributed by atoms with Crippen molar-refractivity contribution in [3.63, 3.8) is 0 Å². The zero-order valence-corrected chi connectivity index (χ0v) is 14.1. The van der Waals surface area contributed by atoms with E-state index in [9.17, 15) is 9.90 Å². The molecule has 0 aliphatic heterocycles. The van der Waals surface area contributed by atoms with Crippen molar-refractivity contribution in [1.29, 1.82) is 0 Å². The Morgan fingerprint density at radius 2 is 2.08 bits per heavy atom. The summed E-state index contributed by atoms with van der Waals surface area (Å²) < 4.78 is 6.45. The lowest BCUT2D eigenvalue weighted by Gasteiger charge is -2.08. The summed E-state index contributed by atoms with van der Waals surface area (Å²) in [5.74, 6) is 1.24. The van der Waals surface area contributed by atoms with Crippen LogP contribution >= 0.6 is 0 Å². The molecule has 0 aliphatic rings. The molecule has 6 nitrogen and oxygen atoms in total. The number of nitrogens with zero attached hydrogens (tertiary/aromatic N) is 3. The molecule has 1 N–H and O–H groups in total. The molecule has 3 rings (SSSR count). The molecule has 3 aromatic rings. The van der Waals surface area contributed by atoms with Gasteiger partial charge < -0.3 is 9.84 Å². The summed E-state index contributed by atoms with van der Waals surface area (Å²) in [7, 11) is 1.55. The lowest BCUT2D eigenvalue weighted by Crippen LogP contribution is -2.22. The number of benzene rings is 2. The number of rotatable bonds is 5. The predicted octanol–water partition coefficient (Wildman–Crippen LogP) is 2.95. The minimum absolute atomic E-state index is 0.0587. The number of aryl methyl sites for hydroxylation is 1. The maximum atomic E-state index is 12.8. The maximum Gasteiger partial charge on any atom is 0.282 e. The van der Waals surface area contributed by atoms with E-state index in [1.165, 1.54) is 17.0 Å². The predicted molar refractivity (Wildman–Crippen MR) is 97.6 cm³/mol. The Balaban J connectivity index is 2.13. The molecule has 0 saturated carbocycles. The summed E-state index contributed by atoms with van der Waals surface area (Å²) >= 11 is 0. The first-order valence-electron chi connectivity index (χ1n) is 8.06. The number of hydrogen-bond donors (Lipinski definition) is 1. The normalized spacial score (nSPS) is 11.3. The summed E-state index contributed by atoms with van der Waals surface area (Å²) in [6.45, 7) is 2.02. The third-order valence-corrected chi connectivity index (χ3v) is 3.84.